The molecule has 1 fully saturated rings. The van der Waals surface area contributed by atoms with E-state index < -0.39 is 0 Å². The first-order valence-corrected chi connectivity index (χ1v) is 11.9. The Balaban J connectivity index is 1.36. The van der Waals surface area contributed by atoms with Gasteiger partial charge in [0.05, 0.1) is 0 Å². The molecular weight excluding hydrogens is 430 g/mol. The number of nitrogens with zero attached hydrogens (tertiary/aromatic N) is 5. The summed E-state index contributed by atoms with van der Waals surface area (Å²) in [6.07, 6.45) is 6.04. The average Bonchev–Trinajstić information content (AvgIpc) is 3.28. The quantitative estimate of drug-likeness (QED) is 0.553. The highest BCUT2D eigenvalue weighted by atomic mass is 32.1. The van der Waals surface area contributed by atoms with E-state index in [1.807, 2.05) is 18.3 Å². The Morgan fingerprint density at radius 3 is 2.52 bits per heavy atom. The molecule has 2 aromatic heterocycles. The Kier molecular flexibility index (Phi) is 6.35. The minimum absolute atomic E-state index is 0.499. The molecule has 33 heavy (non-hydrogen) atoms. The van der Waals surface area contributed by atoms with Crippen LogP contribution in [0, 0.1) is 5.92 Å². The largest absolute Gasteiger partial charge is 0.358 e. The highest BCUT2D eigenvalue weighted by Crippen LogP contribution is 2.31. The molecule has 0 radical (unpaired) electrons. The van der Waals surface area contributed by atoms with E-state index >= 15 is 0 Å². The molecule has 2 aliphatic rings. The third kappa shape index (κ3) is 5.22. The Hall–Kier alpha value is -3.26. The number of pyridine rings is 1. The number of hydrogen-bond acceptors (Lipinski definition) is 6. The molecule has 0 amide bonds. The van der Waals surface area contributed by atoms with Crippen LogP contribution in [0.1, 0.15) is 36.5 Å². The minimum Gasteiger partial charge on any atom is -0.358 e. The minimum atomic E-state index is 0.499. The van der Waals surface area contributed by atoms with Crippen LogP contribution in [0.25, 0.3) is 0 Å². The molecule has 1 saturated heterocycles. The molecule has 1 atom stereocenters. The third-order valence-electron chi connectivity index (χ3n) is 6.25. The standard InChI is InChI=1S/C25H29N7S/c1-18-6-5-11-31(15-18)22-12-23(32-16-20-8-2-3-9-21(20)17-32)29-24(28-22)30-25(33)27-14-19-7-4-10-26-13-19/h2-4,7-10,12-13,18H,5-6,11,14-17H2,1H3,(H2,27,28,29,30,33). The van der Waals surface area contributed by atoms with Crippen molar-refractivity contribution < 1.29 is 0 Å². The van der Waals surface area contributed by atoms with Crippen molar-refractivity contribution in [3.05, 3.63) is 71.5 Å². The summed E-state index contributed by atoms with van der Waals surface area (Å²) < 4.78 is 0. The number of rotatable bonds is 5. The predicted octanol–water partition coefficient (Wildman–Crippen LogP) is 4.11. The van der Waals surface area contributed by atoms with Crippen molar-refractivity contribution >= 4 is 34.9 Å². The van der Waals surface area contributed by atoms with Crippen molar-refractivity contribution in [2.24, 2.45) is 5.92 Å². The molecule has 2 N–H and O–H groups in total. The average molecular weight is 460 g/mol. The zero-order valence-electron chi connectivity index (χ0n) is 18.9. The first-order valence-electron chi connectivity index (χ1n) is 11.5. The summed E-state index contributed by atoms with van der Waals surface area (Å²) >= 11 is 5.54. The van der Waals surface area contributed by atoms with Crippen molar-refractivity contribution in [2.45, 2.75) is 39.4 Å². The molecule has 8 heteroatoms. The third-order valence-corrected chi connectivity index (χ3v) is 6.49. The van der Waals surface area contributed by atoms with Gasteiger partial charge >= 0.3 is 0 Å². The fraction of sp³-hybridized carbons (Fsp3) is 0.360. The summed E-state index contributed by atoms with van der Waals surface area (Å²) in [4.78, 5) is 18.5. The second-order valence-electron chi connectivity index (χ2n) is 8.90. The highest BCUT2D eigenvalue weighted by molar-refractivity contribution is 7.80. The van der Waals surface area contributed by atoms with Gasteiger partial charge < -0.3 is 20.4 Å². The lowest BCUT2D eigenvalue weighted by atomic mass is 10.0. The van der Waals surface area contributed by atoms with Crippen LogP contribution in [0.2, 0.25) is 0 Å². The summed E-state index contributed by atoms with van der Waals surface area (Å²) in [6.45, 7) is 6.64. The van der Waals surface area contributed by atoms with E-state index in [1.54, 1.807) is 6.20 Å². The van der Waals surface area contributed by atoms with Gasteiger partial charge in [-0.1, -0.05) is 37.3 Å². The molecule has 170 valence electrons. The SMILES string of the molecule is CC1CCCN(c2cc(N3Cc4ccccc4C3)nc(NC(=S)NCc3cccnc3)n2)C1. The van der Waals surface area contributed by atoms with Crippen LogP contribution in [-0.4, -0.2) is 33.2 Å². The first-order chi connectivity index (χ1) is 16.1. The van der Waals surface area contributed by atoms with E-state index in [9.17, 15) is 0 Å². The molecular formula is C25H29N7S. The van der Waals surface area contributed by atoms with Crippen LogP contribution >= 0.6 is 12.2 Å². The van der Waals surface area contributed by atoms with Crippen LogP contribution in [0.4, 0.5) is 17.6 Å². The first kappa shape index (κ1) is 21.6. The fourth-order valence-corrected chi connectivity index (χ4v) is 4.69. The number of anilines is 3. The Labute approximate surface area is 200 Å². The van der Waals surface area contributed by atoms with Crippen molar-refractivity contribution in [3.63, 3.8) is 0 Å². The van der Waals surface area contributed by atoms with E-state index in [2.05, 4.69) is 62.7 Å². The van der Waals surface area contributed by atoms with Gasteiger partial charge in [0.2, 0.25) is 5.95 Å². The van der Waals surface area contributed by atoms with Crippen LogP contribution in [0.3, 0.4) is 0 Å². The molecule has 1 unspecified atom stereocenters. The van der Waals surface area contributed by atoms with Crippen LogP contribution in [0.15, 0.2) is 54.9 Å². The van der Waals surface area contributed by atoms with Crippen molar-refractivity contribution in [1.82, 2.24) is 20.3 Å². The lowest BCUT2D eigenvalue weighted by Gasteiger charge is -2.32. The van der Waals surface area contributed by atoms with Crippen LogP contribution in [-0.2, 0) is 19.6 Å². The van der Waals surface area contributed by atoms with Gasteiger partial charge in [0.15, 0.2) is 5.11 Å². The number of nitrogens with one attached hydrogen (secondary N) is 2. The zero-order valence-corrected chi connectivity index (χ0v) is 19.7. The van der Waals surface area contributed by atoms with Gasteiger partial charge in [-0.2, -0.15) is 9.97 Å². The number of thiocarbonyl (C=S) groups is 1. The van der Waals surface area contributed by atoms with E-state index in [1.165, 1.54) is 24.0 Å². The second-order valence-corrected chi connectivity index (χ2v) is 9.30. The molecule has 3 aromatic rings. The second kappa shape index (κ2) is 9.70. The van der Waals surface area contributed by atoms with Crippen molar-refractivity contribution in [2.75, 3.05) is 28.2 Å². The maximum atomic E-state index is 5.54. The Morgan fingerprint density at radius 1 is 1.06 bits per heavy atom. The number of hydrogen-bond donors (Lipinski definition) is 2. The monoisotopic (exact) mass is 459 g/mol. The van der Waals surface area contributed by atoms with Gasteiger partial charge in [0.25, 0.3) is 0 Å². The molecule has 0 bridgehead atoms. The van der Waals surface area contributed by atoms with E-state index in [0.717, 1.165) is 43.4 Å². The van der Waals surface area contributed by atoms with Gasteiger partial charge in [0, 0.05) is 51.2 Å². The maximum absolute atomic E-state index is 5.54. The molecule has 0 saturated carbocycles. The van der Waals surface area contributed by atoms with Gasteiger partial charge in [-0.15, -0.1) is 0 Å². The van der Waals surface area contributed by atoms with Crippen molar-refractivity contribution in [3.8, 4) is 0 Å². The summed E-state index contributed by atoms with van der Waals surface area (Å²) in [5.41, 5.74) is 3.77. The summed E-state index contributed by atoms with van der Waals surface area (Å²) in [5, 5.41) is 6.94. The van der Waals surface area contributed by atoms with Gasteiger partial charge in [0.1, 0.15) is 11.6 Å². The number of piperidine rings is 1. The molecule has 4 heterocycles. The van der Waals surface area contributed by atoms with Crippen molar-refractivity contribution in [1.29, 1.82) is 0 Å². The number of fused-ring (bicyclic) bond motifs is 1. The molecule has 5 rings (SSSR count). The van der Waals surface area contributed by atoms with Gasteiger partial charge in [-0.05, 0) is 53.7 Å². The van der Waals surface area contributed by atoms with E-state index in [0.29, 0.717) is 23.5 Å². The highest BCUT2D eigenvalue weighted by Gasteiger charge is 2.24. The zero-order chi connectivity index (χ0) is 22.6. The molecule has 1 aromatic carbocycles. The lowest BCUT2D eigenvalue weighted by Crippen LogP contribution is -2.35. The topological polar surface area (TPSA) is 69.2 Å². The fourth-order valence-electron chi connectivity index (χ4n) is 4.53. The summed E-state index contributed by atoms with van der Waals surface area (Å²) in [7, 11) is 0. The molecule has 7 nitrogen and oxygen atoms in total. The molecule has 2 aliphatic heterocycles. The number of aromatic nitrogens is 3. The maximum Gasteiger partial charge on any atom is 0.232 e. The Bertz CT molecular complexity index is 1100. The summed E-state index contributed by atoms with van der Waals surface area (Å²) in [5.74, 6) is 3.07. The van der Waals surface area contributed by atoms with Gasteiger partial charge in [-0.25, -0.2) is 0 Å². The smallest absolute Gasteiger partial charge is 0.232 e. The summed E-state index contributed by atoms with van der Waals surface area (Å²) in [6, 6.07) is 14.6. The van der Waals surface area contributed by atoms with Crippen LogP contribution < -0.4 is 20.4 Å². The van der Waals surface area contributed by atoms with Crippen LogP contribution in [0.5, 0.6) is 0 Å². The Morgan fingerprint density at radius 2 is 1.82 bits per heavy atom. The van der Waals surface area contributed by atoms with E-state index in [4.69, 9.17) is 22.2 Å². The van der Waals surface area contributed by atoms with Gasteiger partial charge in [-0.3, -0.25) is 4.98 Å². The van der Waals surface area contributed by atoms with E-state index in [-0.39, 0.29) is 0 Å². The predicted molar refractivity (Wildman–Crippen MR) is 136 cm³/mol. The molecule has 0 aliphatic carbocycles. The normalized spacial score (nSPS) is 17.5. The number of benzene rings is 1. The lowest BCUT2D eigenvalue weighted by molar-refractivity contribution is 0.444. The molecule has 0 spiro atoms.